The van der Waals surface area contributed by atoms with Crippen molar-refractivity contribution < 1.29 is 9.53 Å². The van der Waals surface area contributed by atoms with Gasteiger partial charge in [-0.05, 0) is 38.0 Å². The fourth-order valence-electron chi connectivity index (χ4n) is 1.50. The van der Waals surface area contributed by atoms with Crippen LogP contribution in [0.1, 0.15) is 33.1 Å². The zero-order valence-electron chi connectivity index (χ0n) is 11.4. The predicted octanol–water partition coefficient (Wildman–Crippen LogP) is 3.46. The van der Waals surface area contributed by atoms with E-state index in [1.54, 1.807) is 18.2 Å². The number of nitrogens with two attached hydrogens (primary N) is 1. The van der Waals surface area contributed by atoms with Gasteiger partial charge in [0.25, 0.3) is 0 Å². The molecular formula is C14H21ClN2O2. The molecule has 1 atom stereocenters. The van der Waals surface area contributed by atoms with Crippen LogP contribution in [0.25, 0.3) is 0 Å². The van der Waals surface area contributed by atoms with Gasteiger partial charge in [0.15, 0.2) is 0 Å². The van der Waals surface area contributed by atoms with Gasteiger partial charge < -0.3 is 15.8 Å². The fourth-order valence-corrected chi connectivity index (χ4v) is 1.68. The quantitative estimate of drug-likeness (QED) is 0.595. The zero-order valence-corrected chi connectivity index (χ0v) is 12.2. The Hall–Kier alpha value is -1.26. The van der Waals surface area contributed by atoms with Crippen LogP contribution in [0.4, 0.5) is 11.4 Å². The average molecular weight is 285 g/mol. The molecule has 0 aliphatic rings. The molecule has 0 aliphatic carbocycles. The maximum absolute atomic E-state index is 11.7. The summed E-state index contributed by atoms with van der Waals surface area (Å²) in [6.45, 7) is 4.69. The van der Waals surface area contributed by atoms with Crippen molar-refractivity contribution in [1.82, 2.24) is 0 Å². The van der Waals surface area contributed by atoms with Gasteiger partial charge in [-0.25, -0.2) is 0 Å². The number of ether oxygens (including phenoxy) is 1. The fraction of sp³-hybridized carbons (Fsp3) is 0.500. The van der Waals surface area contributed by atoms with Gasteiger partial charge in [-0.3, -0.25) is 4.79 Å². The summed E-state index contributed by atoms with van der Waals surface area (Å²) < 4.78 is 5.51. The van der Waals surface area contributed by atoms with Gasteiger partial charge >= 0.3 is 0 Å². The summed E-state index contributed by atoms with van der Waals surface area (Å²) in [6, 6.07) is 5.01. The molecule has 0 heterocycles. The lowest BCUT2D eigenvalue weighted by atomic mass is 10.2. The molecule has 1 aromatic carbocycles. The van der Waals surface area contributed by atoms with Crippen LogP contribution in [0.5, 0.6) is 0 Å². The van der Waals surface area contributed by atoms with E-state index in [4.69, 9.17) is 22.1 Å². The molecule has 4 nitrogen and oxygen atoms in total. The minimum atomic E-state index is -0.0678. The van der Waals surface area contributed by atoms with E-state index in [0.717, 1.165) is 6.42 Å². The molecule has 0 saturated carbocycles. The molecule has 3 N–H and O–H groups in total. The number of nitrogens with one attached hydrogen (secondary N) is 1. The minimum absolute atomic E-state index is 0.0678. The van der Waals surface area contributed by atoms with Gasteiger partial charge in [0.05, 0.1) is 17.5 Å². The van der Waals surface area contributed by atoms with E-state index in [1.165, 1.54) is 0 Å². The van der Waals surface area contributed by atoms with Crippen LogP contribution in [0.3, 0.4) is 0 Å². The number of nitrogen functional groups attached to an aromatic ring is 1. The summed E-state index contributed by atoms with van der Waals surface area (Å²) >= 11 is 5.79. The number of benzene rings is 1. The summed E-state index contributed by atoms with van der Waals surface area (Å²) in [4.78, 5) is 11.7. The summed E-state index contributed by atoms with van der Waals surface area (Å²) in [5.41, 5.74) is 6.82. The highest BCUT2D eigenvalue weighted by Crippen LogP contribution is 2.22. The molecule has 19 heavy (non-hydrogen) atoms. The van der Waals surface area contributed by atoms with E-state index in [9.17, 15) is 4.79 Å². The topological polar surface area (TPSA) is 64.3 Å². The number of amides is 1. The second-order valence-electron chi connectivity index (χ2n) is 4.47. The van der Waals surface area contributed by atoms with Crippen LogP contribution in [0, 0.1) is 0 Å². The number of hydrogen-bond donors (Lipinski definition) is 2. The lowest BCUT2D eigenvalue weighted by molar-refractivity contribution is -0.116. The van der Waals surface area contributed by atoms with Gasteiger partial charge in [0, 0.05) is 18.1 Å². The summed E-state index contributed by atoms with van der Waals surface area (Å²) in [6.07, 6.45) is 2.34. The van der Waals surface area contributed by atoms with Gasteiger partial charge in [0.2, 0.25) is 5.91 Å². The Morgan fingerprint density at radius 2 is 2.26 bits per heavy atom. The molecule has 1 unspecified atom stereocenters. The second-order valence-corrected chi connectivity index (χ2v) is 4.91. The van der Waals surface area contributed by atoms with Gasteiger partial charge in [-0.2, -0.15) is 0 Å². The van der Waals surface area contributed by atoms with Crippen LogP contribution in [-0.4, -0.2) is 18.6 Å². The third-order valence-electron chi connectivity index (χ3n) is 2.81. The number of carbonyl (C=O) groups excluding carboxylic acids is 1. The molecular weight excluding hydrogens is 264 g/mol. The highest BCUT2D eigenvalue weighted by molar-refractivity contribution is 6.31. The normalized spacial score (nSPS) is 12.2. The van der Waals surface area contributed by atoms with Crippen molar-refractivity contribution >= 4 is 28.9 Å². The maximum Gasteiger partial charge on any atom is 0.224 e. The summed E-state index contributed by atoms with van der Waals surface area (Å²) in [5, 5.41) is 3.31. The van der Waals surface area contributed by atoms with Crippen LogP contribution in [-0.2, 0) is 9.53 Å². The van der Waals surface area contributed by atoms with Crippen LogP contribution >= 0.6 is 11.6 Å². The number of halogens is 1. The largest absolute Gasteiger partial charge is 0.397 e. The molecule has 5 heteroatoms. The Morgan fingerprint density at radius 3 is 2.89 bits per heavy atom. The third-order valence-corrected chi connectivity index (χ3v) is 3.05. The Morgan fingerprint density at radius 1 is 1.53 bits per heavy atom. The van der Waals surface area contributed by atoms with Crippen molar-refractivity contribution in [2.24, 2.45) is 0 Å². The summed E-state index contributed by atoms with van der Waals surface area (Å²) in [7, 11) is 0. The van der Waals surface area contributed by atoms with E-state index in [2.05, 4.69) is 12.2 Å². The maximum atomic E-state index is 11.7. The van der Waals surface area contributed by atoms with E-state index in [1.807, 2.05) is 6.92 Å². The van der Waals surface area contributed by atoms with Crippen molar-refractivity contribution in [3.05, 3.63) is 23.2 Å². The van der Waals surface area contributed by atoms with Crippen molar-refractivity contribution in [3.8, 4) is 0 Å². The molecule has 0 fully saturated rings. The Bertz CT molecular complexity index is 424. The standard InChI is InChI=1S/C14H21ClN2O2/c1-3-10(2)19-8-4-5-14(18)17-13-7-6-11(15)9-12(13)16/h6-7,9-10H,3-5,8,16H2,1-2H3,(H,17,18). The van der Waals surface area contributed by atoms with E-state index in [-0.39, 0.29) is 12.0 Å². The highest BCUT2D eigenvalue weighted by Gasteiger charge is 2.06. The molecule has 1 rings (SSSR count). The van der Waals surface area contributed by atoms with Gasteiger partial charge in [-0.1, -0.05) is 18.5 Å². The molecule has 0 aliphatic heterocycles. The molecule has 1 amide bonds. The Kier molecular flexibility index (Phi) is 6.67. The lowest BCUT2D eigenvalue weighted by Gasteiger charge is -2.11. The molecule has 0 aromatic heterocycles. The molecule has 106 valence electrons. The van der Waals surface area contributed by atoms with Crippen molar-refractivity contribution in [2.45, 2.75) is 39.2 Å². The van der Waals surface area contributed by atoms with E-state index in [0.29, 0.717) is 35.8 Å². The first-order valence-electron chi connectivity index (χ1n) is 6.49. The SMILES string of the molecule is CCC(C)OCCCC(=O)Nc1ccc(Cl)cc1N. The smallest absolute Gasteiger partial charge is 0.224 e. The van der Waals surface area contributed by atoms with Gasteiger partial charge in [-0.15, -0.1) is 0 Å². The first kappa shape index (κ1) is 15.8. The number of hydrogen-bond acceptors (Lipinski definition) is 3. The molecule has 0 radical (unpaired) electrons. The van der Waals surface area contributed by atoms with E-state index < -0.39 is 0 Å². The van der Waals surface area contributed by atoms with Gasteiger partial charge in [0.1, 0.15) is 0 Å². The molecule has 0 spiro atoms. The van der Waals surface area contributed by atoms with Crippen molar-refractivity contribution in [3.63, 3.8) is 0 Å². The summed E-state index contributed by atoms with van der Waals surface area (Å²) in [5.74, 6) is -0.0678. The van der Waals surface area contributed by atoms with Crippen molar-refractivity contribution in [1.29, 1.82) is 0 Å². The van der Waals surface area contributed by atoms with E-state index >= 15 is 0 Å². The second kappa shape index (κ2) is 8.02. The first-order chi connectivity index (χ1) is 9.02. The molecule has 0 saturated heterocycles. The number of carbonyl (C=O) groups is 1. The van der Waals surface area contributed by atoms with Crippen LogP contribution in [0.2, 0.25) is 5.02 Å². The average Bonchev–Trinajstić information content (AvgIpc) is 2.37. The monoisotopic (exact) mass is 284 g/mol. The predicted molar refractivity (Wildman–Crippen MR) is 79.4 cm³/mol. The van der Waals surface area contributed by atoms with Crippen molar-refractivity contribution in [2.75, 3.05) is 17.7 Å². The van der Waals surface area contributed by atoms with Crippen LogP contribution < -0.4 is 11.1 Å². The number of anilines is 2. The highest BCUT2D eigenvalue weighted by atomic mass is 35.5. The third kappa shape index (κ3) is 5.94. The zero-order chi connectivity index (χ0) is 14.3. The Balaban J connectivity index is 2.31. The Labute approximate surface area is 119 Å². The minimum Gasteiger partial charge on any atom is -0.397 e. The number of rotatable bonds is 7. The van der Waals surface area contributed by atoms with Crippen LogP contribution in [0.15, 0.2) is 18.2 Å². The first-order valence-corrected chi connectivity index (χ1v) is 6.87. The lowest BCUT2D eigenvalue weighted by Crippen LogP contribution is -2.14. The molecule has 1 aromatic rings. The molecule has 0 bridgehead atoms.